The Bertz CT molecular complexity index is 980. The third-order valence-electron chi connectivity index (χ3n) is 4.26. The molecular weight excluding hydrogens is 320 g/mol. The Morgan fingerprint density at radius 2 is 1.92 bits per heavy atom. The Kier molecular flexibility index (Phi) is 3.86. The van der Waals surface area contributed by atoms with Crippen molar-refractivity contribution in [3.8, 4) is 0 Å². The lowest BCUT2D eigenvalue weighted by Crippen LogP contribution is -2.32. The summed E-state index contributed by atoms with van der Waals surface area (Å²) in [7, 11) is 0. The number of benzene rings is 2. The zero-order valence-corrected chi connectivity index (χ0v) is 13.7. The van der Waals surface area contributed by atoms with E-state index in [2.05, 4.69) is 22.4 Å². The highest BCUT2D eigenvalue weighted by atomic mass is 32.2. The van der Waals surface area contributed by atoms with Gasteiger partial charge in [-0.05, 0) is 35.6 Å². The predicted octanol–water partition coefficient (Wildman–Crippen LogP) is 3.50. The number of hydrogen-bond acceptors (Lipinski definition) is 3. The summed E-state index contributed by atoms with van der Waals surface area (Å²) in [5, 5.41) is 4.42. The molecule has 4 nitrogen and oxygen atoms in total. The van der Waals surface area contributed by atoms with Crippen molar-refractivity contribution in [2.24, 2.45) is 0 Å². The molecule has 1 aromatic heterocycles. The summed E-state index contributed by atoms with van der Waals surface area (Å²) < 4.78 is 0. The summed E-state index contributed by atoms with van der Waals surface area (Å²) in [5.41, 5.74) is 1.21. The highest BCUT2D eigenvalue weighted by Crippen LogP contribution is 2.35. The maximum Gasteiger partial charge on any atom is 0.268 e. The number of nitrogens with one attached hydrogen (secondary N) is 2. The molecular formula is C19H16N2O2S. The number of fused-ring (bicyclic) bond motifs is 2. The van der Waals surface area contributed by atoms with Crippen LogP contribution >= 0.6 is 11.8 Å². The maximum absolute atomic E-state index is 12.6. The first kappa shape index (κ1) is 15.0. The average Bonchev–Trinajstić information content (AvgIpc) is 2.62. The van der Waals surface area contributed by atoms with E-state index in [1.165, 1.54) is 4.90 Å². The molecule has 2 N–H and O–H groups in total. The fourth-order valence-electron chi connectivity index (χ4n) is 3.06. The Balaban J connectivity index is 1.65. The standard InChI is InChI=1S/C19H16N2O2S/c22-18-13-6-2-1-5-12(13)11-16(21-18)19(23)20-15-9-10-24-17-8-4-3-7-14(15)17/h1-8,11,15H,9-10H2,(H,20,23)(H,21,22)/t15-/m0/s1. The van der Waals surface area contributed by atoms with E-state index in [1.54, 1.807) is 12.1 Å². The highest BCUT2D eigenvalue weighted by Gasteiger charge is 2.22. The second kappa shape index (κ2) is 6.17. The van der Waals surface area contributed by atoms with Crippen LogP contribution in [-0.4, -0.2) is 16.6 Å². The first-order valence-electron chi connectivity index (χ1n) is 7.87. The van der Waals surface area contributed by atoms with Crippen LogP contribution in [0.15, 0.2) is 64.3 Å². The first-order chi connectivity index (χ1) is 11.7. The SMILES string of the molecule is O=C(N[C@H]1CCSc2ccccc21)c1cc2ccccc2c(=O)[nH]1. The molecule has 1 aliphatic rings. The summed E-state index contributed by atoms with van der Waals surface area (Å²) in [4.78, 5) is 28.7. The molecule has 4 rings (SSSR count). The monoisotopic (exact) mass is 336 g/mol. The minimum absolute atomic E-state index is 0.0232. The second-order valence-corrected chi connectivity index (χ2v) is 6.94. The van der Waals surface area contributed by atoms with Gasteiger partial charge in [-0.25, -0.2) is 0 Å². The van der Waals surface area contributed by atoms with Gasteiger partial charge >= 0.3 is 0 Å². The number of carbonyl (C=O) groups excluding carboxylic acids is 1. The molecule has 1 atom stereocenters. The van der Waals surface area contributed by atoms with Crippen molar-refractivity contribution >= 4 is 28.4 Å². The van der Waals surface area contributed by atoms with Gasteiger partial charge < -0.3 is 10.3 Å². The van der Waals surface area contributed by atoms with Crippen molar-refractivity contribution in [3.05, 3.63) is 76.2 Å². The van der Waals surface area contributed by atoms with Crippen molar-refractivity contribution in [1.29, 1.82) is 0 Å². The minimum atomic E-state index is -0.246. The molecule has 2 heterocycles. The van der Waals surface area contributed by atoms with E-state index in [-0.39, 0.29) is 17.5 Å². The van der Waals surface area contributed by atoms with Crippen molar-refractivity contribution in [2.45, 2.75) is 17.4 Å². The van der Waals surface area contributed by atoms with Crippen LogP contribution in [-0.2, 0) is 0 Å². The zero-order chi connectivity index (χ0) is 16.5. The third-order valence-corrected chi connectivity index (χ3v) is 5.38. The van der Waals surface area contributed by atoms with Crippen molar-refractivity contribution in [1.82, 2.24) is 10.3 Å². The molecule has 0 spiro atoms. The molecule has 0 unspecified atom stereocenters. The average molecular weight is 336 g/mol. The van der Waals surface area contributed by atoms with Crippen LogP contribution in [0.3, 0.4) is 0 Å². The maximum atomic E-state index is 12.6. The molecule has 3 aromatic rings. The van der Waals surface area contributed by atoms with Gasteiger partial charge in [0.25, 0.3) is 11.5 Å². The fraction of sp³-hybridized carbons (Fsp3) is 0.158. The van der Waals surface area contributed by atoms with Crippen LogP contribution in [0.25, 0.3) is 10.8 Å². The number of rotatable bonds is 2. The molecule has 5 heteroatoms. The minimum Gasteiger partial charge on any atom is -0.344 e. The van der Waals surface area contributed by atoms with Crippen LogP contribution in [0.4, 0.5) is 0 Å². The Morgan fingerprint density at radius 1 is 1.12 bits per heavy atom. The highest BCUT2D eigenvalue weighted by molar-refractivity contribution is 7.99. The molecule has 0 bridgehead atoms. The Morgan fingerprint density at radius 3 is 2.83 bits per heavy atom. The van der Waals surface area contributed by atoms with Crippen LogP contribution in [0.1, 0.15) is 28.5 Å². The molecule has 0 aliphatic carbocycles. The van der Waals surface area contributed by atoms with Gasteiger partial charge in [-0.3, -0.25) is 9.59 Å². The second-order valence-electron chi connectivity index (χ2n) is 5.80. The number of aromatic amines is 1. The van der Waals surface area contributed by atoms with E-state index in [0.29, 0.717) is 11.1 Å². The van der Waals surface area contributed by atoms with E-state index in [9.17, 15) is 9.59 Å². The van der Waals surface area contributed by atoms with E-state index in [1.807, 2.05) is 42.1 Å². The number of thioether (sulfide) groups is 1. The summed E-state index contributed by atoms with van der Waals surface area (Å²) in [6, 6.07) is 17.1. The van der Waals surface area contributed by atoms with E-state index in [0.717, 1.165) is 23.1 Å². The van der Waals surface area contributed by atoms with E-state index in [4.69, 9.17) is 0 Å². The fourth-order valence-corrected chi connectivity index (χ4v) is 4.19. The lowest BCUT2D eigenvalue weighted by Gasteiger charge is -2.25. The number of H-pyrrole nitrogens is 1. The van der Waals surface area contributed by atoms with Crippen molar-refractivity contribution in [2.75, 3.05) is 5.75 Å². The third kappa shape index (κ3) is 2.71. The van der Waals surface area contributed by atoms with Gasteiger partial charge in [0.2, 0.25) is 0 Å². The van der Waals surface area contributed by atoms with Gasteiger partial charge in [-0.2, -0.15) is 0 Å². The molecule has 120 valence electrons. The molecule has 1 aliphatic heterocycles. The molecule has 0 saturated carbocycles. The normalized spacial score (nSPS) is 16.6. The van der Waals surface area contributed by atoms with Crippen molar-refractivity contribution < 1.29 is 4.79 Å². The summed E-state index contributed by atoms with van der Waals surface area (Å²) >= 11 is 1.81. The van der Waals surface area contributed by atoms with Crippen LogP contribution in [0, 0.1) is 0 Å². The summed E-state index contributed by atoms with van der Waals surface area (Å²) in [6.07, 6.45) is 0.880. The molecule has 0 radical (unpaired) electrons. The molecule has 2 aromatic carbocycles. The van der Waals surface area contributed by atoms with Gasteiger partial charge in [0.15, 0.2) is 0 Å². The Hall–Kier alpha value is -2.53. The van der Waals surface area contributed by atoms with Gasteiger partial charge in [-0.15, -0.1) is 11.8 Å². The number of carbonyl (C=O) groups is 1. The van der Waals surface area contributed by atoms with Gasteiger partial charge in [0.1, 0.15) is 5.69 Å². The Labute approximate surface area is 143 Å². The van der Waals surface area contributed by atoms with Gasteiger partial charge in [0, 0.05) is 16.0 Å². The van der Waals surface area contributed by atoms with Crippen LogP contribution < -0.4 is 10.9 Å². The van der Waals surface area contributed by atoms with Crippen molar-refractivity contribution in [3.63, 3.8) is 0 Å². The van der Waals surface area contributed by atoms with Gasteiger partial charge in [-0.1, -0.05) is 36.4 Å². The predicted molar refractivity (Wildman–Crippen MR) is 96.6 cm³/mol. The molecule has 0 saturated heterocycles. The zero-order valence-electron chi connectivity index (χ0n) is 12.9. The molecule has 1 amide bonds. The van der Waals surface area contributed by atoms with E-state index >= 15 is 0 Å². The number of amides is 1. The quantitative estimate of drug-likeness (QED) is 0.753. The summed E-state index contributed by atoms with van der Waals surface area (Å²) in [6.45, 7) is 0. The van der Waals surface area contributed by atoms with Crippen LogP contribution in [0.5, 0.6) is 0 Å². The summed E-state index contributed by atoms with van der Waals surface area (Å²) in [5.74, 6) is 0.723. The lowest BCUT2D eigenvalue weighted by atomic mass is 10.0. The number of aromatic nitrogens is 1. The largest absolute Gasteiger partial charge is 0.344 e. The molecule has 0 fully saturated rings. The van der Waals surface area contributed by atoms with Gasteiger partial charge in [0.05, 0.1) is 6.04 Å². The topological polar surface area (TPSA) is 62.0 Å². The number of hydrogen-bond donors (Lipinski definition) is 2. The lowest BCUT2D eigenvalue weighted by molar-refractivity contribution is 0.0930. The number of pyridine rings is 1. The van der Waals surface area contributed by atoms with E-state index < -0.39 is 0 Å². The molecule has 24 heavy (non-hydrogen) atoms. The van der Waals surface area contributed by atoms with Crippen LogP contribution in [0.2, 0.25) is 0 Å². The first-order valence-corrected chi connectivity index (χ1v) is 8.85. The smallest absolute Gasteiger partial charge is 0.268 e.